The Kier molecular flexibility index (Phi) is 3.94. The molecule has 2 aromatic carbocycles. The molecule has 6 heteroatoms. The Bertz CT molecular complexity index is 708. The molecule has 0 fully saturated rings. The van der Waals surface area contributed by atoms with E-state index in [9.17, 15) is 12.8 Å². The molecule has 0 amide bonds. The van der Waals surface area contributed by atoms with Crippen LogP contribution in [0.5, 0.6) is 11.5 Å². The number of benzene rings is 2. The zero-order valence-electron chi connectivity index (χ0n) is 11.0. The van der Waals surface area contributed by atoms with Crippen LogP contribution in [0.2, 0.25) is 0 Å². The fourth-order valence-electron chi connectivity index (χ4n) is 1.59. The molecule has 0 N–H and O–H groups in total. The minimum absolute atomic E-state index is 0.00517. The van der Waals surface area contributed by atoms with Gasteiger partial charge in [0.1, 0.15) is 10.7 Å². The number of rotatable bonds is 4. The first-order valence-electron chi connectivity index (χ1n) is 5.77. The van der Waals surface area contributed by atoms with Gasteiger partial charge in [0.2, 0.25) is 0 Å². The van der Waals surface area contributed by atoms with Gasteiger partial charge < -0.3 is 8.92 Å². The van der Waals surface area contributed by atoms with E-state index >= 15 is 0 Å². The first-order valence-corrected chi connectivity index (χ1v) is 7.18. The molecule has 0 aromatic heterocycles. The summed E-state index contributed by atoms with van der Waals surface area (Å²) >= 11 is 0. The van der Waals surface area contributed by atoms with Gasteiger partial charge in [0, 0.05) is 6.07 Å². The molecule has 0 heterocycles. The van der Waals surface area contributed by atoms with Gasteiger partial charge in [0.15, 0.2) is 11.5 Å². The predicted molar refractivity (Wildman–Crippen MR) is 71.9 cm³/mol. The highest BCUT2D eigenvalue weighted by molar-refractivity contribution is 7.87. The van der Waals surface area contributed by atoms with Crippen molar-refractivity contribution < 1.29 is 21.7 Å². The van der Waals surface area contributed by atoms with Gasteiger partial charge in [-0.05, 0) is 31.2 Å². The minimum Gasteiger partial charge on any atom is -0.493 e. The highest BCUT2D eigenvalue weighted by Gasteiger charge is 2.19. The molecule has 0 saturated heterocycles. The third kappa shape index (κ3) is 3.08. The Balaban J connectivity index is 2.37. The Morgan fingerprint density at radius 1 is 1.00 bits per heavy atom. The molecule has 106 valence electrons. The molecule has 0 spiro atoms. The predicted octanol–water partition coefficient (Wildman–Crippen LogP) is 2.91. The maximum atomic E-state index is 13.2. The van der Waals surface area contributed by atoms with Crippen LogP contribution in [0.4, 0.5) is 4.39 Å². The molecule has 0 aliphatic heterocycles. The lowest BCUT2D eigenvalue weighted by molar-refractivity contribution is 0.388. The molecule has 2 aromatic rings. The van der Waals surface area contributed by atoms with E-state index in [0.29, 0.717) is 0 Å². The lowest BCUT2D eigenvalue weighted by Crippen LogP contribution is -2.10. The summed E-state index contributed by atoms with van der Waals surface area (Å²) in [6, 6.07) is 9.58. The maximum Gasteiger partial charge on any atom is 0.339 e. The molecule has 0 aliphatic carbocycles. The van der Waals surface area contributed by atoms with E-state index in [1.807, 2.05) is 6.92 Å². The van der Waals surface area contributed by atoms with Gasteiger partial charge in [-0.1, -0.05) is 17.7 Å². The smallest absolute Gasteiger partial charge is 0.339 e. The summed E-state index contributed by atoms with van der Waals surface area (Å²) in [5, 5.41) is 0. The molecule has 20 heavy (non-hydrogen) atoms. The Labute approximate surface area is 116 Å². The summed E-state index contributed by atoms with van der Waals surface area (Å²) in [6.45, 7) is 1.84. The third-order valence-electron chi connectivity index (χ3n) is 2.63. The van der Waals surface area contributed by atoms with E-state index < -0.39 is 15.9 Å². The van der Waals surface area contributed by atoms with Crippen molar-refractivity contribution in [3.05, 3.63) is 53.8 Å². The molecule has 0 bridgehead atoms. The quantitative estimate of drug-likeness (QED) is 0.814. The van der Waals surface area contributed by atoms with E-state index in [1.54, 1.807) is 12.1 Å². The van der Waals surface area contributed by atoms with E-state index in [4.69, 9.17) is 8.92 Å². The molecule has 0 unspecified atom stereocenters. The van der Waals surface area contributed by atoms with E-state index in [-0.39, 0.29) is 16.4 Å². The zero-order chi connectivity index (χ0) is 14.8. The van der Waals surface area contributed by atoms with Crippen molar-refractivity contribution in [2.24, 2.45) is 0 Å². The molecular weight excluding hydrogens is 283 g/mol. The Morgan fingerprint density at radius 3 is 2.25 bits per heavy atom. The molecule has 0 atom stereocenters. The number of ether oxygens (including phenoxy) is 1. The average molecular weight is 296 g/mol. The average Bonchev–Trinajstić information content (AvgIpc) is 2.39. The highest BCUT2D eigenvalue weighted by Crippen LogP contribution is 2.30. The van der Waals surface area contributed by atoms with Gasteiger partial charge in [-0.3, -0.25) is 0 Å². The van der Waals surface area contributed by atoms with Crippen LogP contribution in [-0.4, -0.2) is 15.5 Å². The first-order chi connectivity index (χ1) is 9.42. The molecule has 4 nitrogen and oxygen atoms in total. The van der Waals surface area contributed by atoms with Crippen molar-refractivity contribution in [2.45, 2.75) is 11.8 Å². The summed E-state index contributed by atoms with van der Waals surface area (Å²) in [4.78, 5) is -0.00517. The molecular formula is C14H13FO4S. The summed E-state index contributed by atoms with van der Waals surface area (Å²) in [6.07, 6.45) is 0. The molecule has 2 rings (SSSR count). The molecule has 0 aliphatic rings. The van der Waals surface area contributed by atoms with E-state index in [1.165, 1.54) is 25.3 Å². The second kappa shape index (κ2) is 5.50. The van der Waals surface area contributed by atoms with Crippen LogP contribution < -0.4 is 8.92 Å². The van der Waals surface area contributed by atoms with Gasteiger partial charge in [-0.25, -0.2) is 4.39 Å². The topological polar surface area (TPSA) is 52.6 Å². The summed E-state index contributed by atoms with van der Waals surface area (Å²) in [5.74, 6) is -0.657. The highest BCUT2D eigenvalue weighted by atomic mass is 32.2. The van der Waals surface area contributed by atoms with Gasteiger partial charge in [-0.15, -0.1) is 0 Å². The van der Waals surface area contributed by atoms with E-state index in [0.717, 1.165) is 17.7 Å². The van der Waals surface area contributed by atoms with Crippen LogP contribution in [0.1, 0.15) is 5.56 Å². The van der Waals surface area contributed by atoms with Gasteiger partial charge in [0.25, 0.3) is 0 Å². The van der Waals surface area contributed by atoms with Crippen molar-refractivity contribution in [3.63, 3.8) is 0 Å². The minimum atomic E-state index is -4.03. The second-order valence-corrected chi connectivity index (χ2v) is 5.69. The van der Waals surface area contributed by atoms with Crippen molar-refractivity contribution in [3.8, 4) is 11.5 Å². The second-order valence-electron chi connectivity index (χ2n) is 4.15. The number of aryl methyl sites for hydroxylation is 1. The van der Waals surface area contributed by atoms with E-state index in [2.05, 4.69) is 0 Å². The van der Waals surface area contributed by atoms with Gasteiger partial charge >= 0.3 is 10.1 Å². The Morgan fingerprint density at radius 2 is 1.65 bits per heavy atom. The fourth-order valence-corrected chi connectivity index (χ4v) is 2.52. The van der Waals surface area contributed by atoms with Crippen LogP contribution >= 0.6 is 0 Å². The first kappa shape index (κ1) is 14.3. The summed E-state index contributed by atoms with van der Waals surface area (Å²) < 4.78 is 47.3. The normalized spacial score (nSPS) is 11.2. The zero-order valence-corrected chi connectivity index (χ0v) is 11.8. The fraction of sp³-hybridized carbons (Fsp3) is 0.143. The van der Waals surface area contributed by atoms with Crippen molar-refractivity contribution in [2.75, 3.05) is 7.11 Å². The summed E-state index contributed by atoms with van der Waals surface area (Å²) in [5.41, 5.74) is 0.923. The van der Waals surface area contributed by atoms with Crippen molar-refractivity contribution in [1.29, 1.82) is 0 Å². The SMILES string of the molecule is COc1ccc(F)cc1OS(=O)(=O)c1ccc(C)cc1. The number of methoxy groups -OCH3 is 1. The molecule has 0 saturated carbocycles. The Hall–Kier alpha value is -2.08. The monoisotopic (exact) mass is 296 g/mol. The van der Waals surface area contributed by atoms with Crippen molar-refractivity contribution in [1.82, 2.24) is 0 Å². The third-order valence-corrected chi connectivity index (χ3v) is 3.88. The largest absolute Gasteiger partial charge is 0.493 e. The number of hydrogen-bond donors (Lipinski definition) is 0. The standard InChI is InChI=1S/C14H13FO4S/c1-10-3-6-12(7-4-10)20(16,17)19-14-9-11(15)5-8-13(14)18-2/h3-9H,1-2H3. The number of hydrogen-bond acceptors (Lipinski definition) is 4. The van der Waals surface area contributed by atoms with Gasteiger partial charge in [0.05, 0.1) is 7.11 Å². The van der Waals surface area contributed by atoms with Crippen LogP contribution in [0.3, 0.4) is 0 Å². The summed E-state index contributed by atoms with van der Waals surface area (Å²) in [7, 11) is -2.68. The van der Waals surface area contributed by atoms with Crippen LogP contribution in [0.15, 0.2) is 47.4 Å². The maximum absolute atomic E-state index is 13.2. The van der Waals surface area contributed by atoms with Crippen LogP contribution in [0.25, 0.3) is 0 Å². The van der Waals surface area contributed by atoms with Crippen LogP contribution in [0, 0.1) is 12.7 Å². The van der Waals surface area contributed by atoms with Crippen molar-refractivity contribution >= 4 is 10.1 Å². The number of halogens is 1. The van der Waals surface area contributed by atoms with Crippen LogP contribution in [-0.2, 0) is 10.1 Å². The lowest BCUT2D eigenvalue weighted by Gasteiger charge is -2.10. The van der Waals surface area contributed by atoms with Gasteiger partial charge in [-0.2, -0.15) is 8.42 Å². The molecule has 0 radical (unpaired) electrons. The lowest BCUT2D eigenvalue weighted by atomic mass is 10.2.